The first-order valence-electron chi connectivity index (χ1n) is 5.29. The van der Waals surface area contributed by atoms with Gasteiger partial charge in [0.25, 0.3) is 0 Å². The van der Waals surface area contributed by atoms with E-state index in [2.05, 4.69) is 5.32 Å². The van der Waals surface area contributed by atoms with Crippen LogP contribution in [0.1, 0.15) is 25.5 Å². The van der Waals surface area contributed by atoms with E-state index in [1.54, 1.807) is 12.1 Å². The highest BCUT2D eigenvalue weighted by Gasteiger charge is 2.16. The fourth-order valence-electron chi connectivity index (χ4n) is 1.51. The van der Waals surface area contributed by atoms with Crippen molar-refractivity contribution in [1.29, 1.82) is 0 Å². The van der Waals surface area contributed by atoms with Crippen molar-refractivity contribution < 1.29 is 4.74 Å². The van der Waals surface area contributed by atoms with Gasteiger partial charge >= 0.3 is 0 Å². The molecule has 1 aromatic rings. The molecule has 0 aliphatic rings. The predicted molar refractivity (Wildman–Crippen MR) is 69.4 cm³/mol. The molecular formula is C12H17Cl2NO. The quantitative estimate of drug-likeness (QED) is 0.874. The number of benzene rings is 1. The lowest BCUT2D eigenvalue weighted by atomic mass is 10.1. The van der Waals surface area contributed by atoms with E-state index in [0.29, 0.717) is 16.6 Å². The summed E-state index contributed by atoms with van der Waals surface area (Å²) in [5, 5.41) is 4.45. The van der Waals surface area contributed by atoms with E-state index in [0.717, 1.165) is 5.56 Å². The summed E-state index contributed by atoms with van der Waals surface area (Å²) in [5.74, 6) is 0. The van der Waals surface area contributed by atoms with Gasteiger partial charge in [0.1, 0.15) is 0 Å². The molecule has 0 saturated carbocycles. The van der Waals surface area contributed by atoms with Gasteiger partial charge in [0.15, 0.2) is 0 Å². The van der Waals surface area contributed by atoms with Crippen LogP contribution in [0.25, 0.3) is 0 Å². The summed E-state index contributed by atoms with van der Waals surface area (Å²) in [4.78, 5) is 0. The molecular weight excluding hydrogens is 245 g/mol. The molecule has 2 nitrogen and oxygen atoms in total. The Kier molecular flexibility index (Phi) is 5.56. The molecule has 0 aliphatic heterocycles. The molecule has 0 radical (unpaired) electrons. The first kappa shape index (κ1) is 13.8. The van der Waals surface area contributed by atoms with Gasteiger partial charge in [-0.3, -0.25) is 0 Å². The smallest absolute Gasteiger partial charge is 0.0967 e. The van der Waals surface area contributed by atoms with Crippen LogP contribution in [0.5, 0.6) is 0 Å². The van der Waals surface area contributed by atoms with Gasteiger partial charge in [0, 0.05) is 22.2 Å². The monoisotopic (exact) mass is 261 g/mol. The van der Waals surface area contributed by atoms with Crippen LogP contribution in [-0.2, 0) is 4.74 Å². The van der Waals surface area contributed by atoms with Crippen molar-refractivity contribution in [1.82, 2.24) is 5.32 Å². The highest BCUT2D eigenvalue weighted by Crippen LogP contribution is 2.29. The lowest BCUT2D eigenvalue weighted by molar-refractivity contribution is 0.00820. The second-order valence-corrected chi connectivity index (χ2v) is 4.74. The third kappa shape index (κ3) is 3.95. The number of rotatable bonds is 5. The van der Waals surface area contributed by atoms with Crippen molar-refractivity contribution in [3.63, 3.8) is 0 Å². The number of hydrogen-bond acceptors (Lipinski definition) is 2. The molecule has 1 N–H and O–H groups in total. The standard InChI is InChI=1S/C12H17Cl2NO/c1-8(2)16-12(7-15-3)10-6-9(13)4-5-11(10)14/h4-6,8,12,15H,7H2,1-3H3/t12-/m1/s1. The molecule has 0 aliphatic carbocycles. The molecule has 1 aromatic carbocycles. The van der Waals surface area contributed by atoms with Crippen molar-refractivity contribution in [2.24, 2.45) is 0 Å². The van der Waals surface area contributed by atoms with Gasteiger partial charge in [-0.2, -0.15) is 0 Å². The molecule has 90 valence electrons. The lowest BCUT2D eigenvalue weighted by Gasteiger charge is -2.21. The van der Waals surface area contributed by atoms with Crippen LogP contribution in [0.3, 0.4) is 0 Å². The molecule has 0 saturated heterocycles. The molecule has 0 amide bonds. The van der Waals surface area contributed by atoms with Crippen molar-refractivity contribution in [3.05, 3.63) is 33.8 Å². The fourth-order valence-corrected chi connectivity index (χ4v) is 1.93. The molecule has 0 aromatic heterocycles. The van der Waals surface area contributed by atoms with Gasteiger partial charge in [0.2, 0.25) is 0 Å². The molecule has 1 rings (SSSR count). The Labute approximate surface area is 107 Å². The highest BCUT2D eigenvalue weighted by molar-refractivity contribution is 6.33. The van der Waals surface area contributed by atoms with Crippen LogP contribution in [-0.4, -0.2) is 19.7 Å². The third-order valence-corrected chi connectivity index (χ3v) is 2.71. The van der Waals surface area contributed by atoms with Crippen LogP contribution in [0.2, 0.25) is 10.0 Å². The maximum Gasteiger partial charge on any atom is 0.0967 e. The molecule has 16 heavy (non-hydrogen) atoms. The van der Waals surface area contributed by atoms with E-state index in [1.165, 1.54) is 0 Å². The summed E-state index contributed by atoms with van der Waals surface area (Å²) >= 11 is 12.1. The first-order valence-corrected chi connectivity index (χ1v) is 6.05. The summed E-state index contributed by atoms with van der Waals surface area (Å²) in [6.45, 7) is 4.71. The van der Waals surface area contributed by atoms with Crippen LogP contribution in [0, 0.1) is 0 Å². The molecule has 4 heteroatoms. The zero-order valence-corrected chi connectivity index (χ0v) is 11.3. The number of nitrogens with one attached hydrogen (secondary N) is 1. The Morgan fingerprint density at radius 2 is 2.00 bits per heavy atom. The predicted octanol–water partition coefficient (Wildman–Crippen LogP) is 3.68. The highest BCUT2D eigenvalue weighted by atomic mass is 35.5. The minimum Gasteiger partial charge on any atom is -0.369 e. The van der Waals surface area contributed by atoms with Gasteiger partial charge in [-0.1, -0.05) is 23.2 Å². The normalized spacial score (nSPS) is 13.1. The Morgan fingerprint density at radius 3 is 2.56 bits per heavy atom. The summed E-state index contributed by atoms with van der Waals surface area (Å²) < 4.78 is 5.81. The van der Waals surface area contributed by atoms with Gasteiger partial charge in [0.05, 0.1) is 12.2 Å². The Hall–Kier alpha value is -0.280. The zero-order chi connectivity index (χ0) is 12.1. The number of hydrogen-bond donors (Lipinski definition) is 1. The average molecular weight is 262 g/mol. The fraction of sp³-hybridized carbons (Fsp3) is 0.500. The summed E-state index contributed by atoms with van der Waals surface area (Å²) in [7, 11) is 1.88. The first-order chi connectivity index (χ1) is 7.54. The van der Waals surface area contributed by atoms with E-state index in [9.17, 15) is 0 Å². The second kappa shape index (κ2) is 6.45. The van der Waals surface area contributed by atoms with Crippen molar-refractivity contribution in [2.75, 3.05) is 13.6 Å². The van der Waals surface area contributed by atoms with Crippen molar-refractivity contribution in [2.45, 2.75) is 26.1 Å². The average Bonchev–Trinajstić information content (AvgIpc) is 2.20. The maximum atomic E-state index is 6.14. The van der Waals surface area contributed by atoms with E-state index in [1.807, 2.05) is 27.0 Å². The Balaban J connectivity index is 2.94. The van der Waals surface area contributed by atoms with E-state index in [4.69, 9.17) is 27.9 Å². The van der Waals surface area contributed by atoms with Gasteiger partial charge < -0.3 is 10.1 Å². The van der Waals surface area contributed by atoms with Crippen LogP contribution in [0.15, 0.2) is 18.2 Å². The van der Waals surface area contributed by atoms with Crippen LogP contribution >= 0.6 is 23.2 Å². The number of ether oxygens (including phenoxy) is 1. The van der Waals surface area contributed by atoms with Gasteiger partial charge in [-0.25, -0.2) is 0 Å². The molecule has 0 bridgehead atoms. The topological polar surface area (TPSA) is 21.3 Å². The summed E-state index contributed by atoms with van der Waals surface area (Å²) in [5.41, 5.74) is 0.928. The minimum atomic E-state index is -0.0730. The van der Waals surface area contributed by atoms with E-state index >= 15 is 0 Å². The van der Waals surface area contributed by atoms with E-state index < -0.39 is 0 Å². The van der Waals surface area contributed by atoms with Crippen molar-refractivity contribution >= 4 is 23.2 Å². The lowest BCUT2D eigenvalue weighted by Crippen LogP contribution is -2.22. The van der Waals surface area contributed by atoms with Crippen LogP contribution < -0.4 is 5.32 Å². The summed E-state index contributed by atoms with van der Waals surface area (Å²) in [6, 6.07) is 5.43. The van der Waals surface area contributed by atoms with Crippen molar-refractivity contribution in [3.8, 4) is 0 Å². The SMILES string of the molecule is CNC[C@@H](OC(C)C)c1cc(Cl)ccc1Cl. The third-order valence-electron chi connectivity index (χ3n) is 2.13. The molecule has 0 fully saturated rings. The Bertz CT molecular complexity index is 342. The molecule has 0 spiro atoms. The molecule has 0 heterocycles. The second-order valence-electron chi connectivity index (χ2n) is 3.90. The Morgan fingerprint density at radius 1 is 1.31 bits per heavy atom. The summed E-state index contributed by atoms with van der Waals surface area (Å²) in [6.07, 6.45) is 0.0737. The minimum absolute atomic E-state index is 0.0730. The molecule has 1 atom stereocenters. The maximum absolute atomic E-state index is 6.14. The van der Waals surface area contributed by atoms with Gasteiger partial charge in [-0.05, 0) is 39.1 Å². The number of halogens is 2. The zero-order valence-electron chi connectivity index (χ0n) is 9.76. The largest absolute Gasteiger partial charge is 0.369 e. The molecule has 0 unspecified atom stereocenters. The van der Waals surface area contributed by atoms with Crippen LogP contribution in [0.4, 0.5) is 0 Å². The number of likely N-dealkylation sites (N-methyl/N-ethyl adjacent to an activating group) is 1. The van der Waals surface area contributed by atoms with Gasteiger partial charge in [-0.15, -0.1) is 0 Å². The van der Waals surface area contributed by atoms with E-state index in [-0.39, 0.29) is 12.2 Å².